The number of carbonyl (C=O) groups excluding carboxylic acids is 2. The van der Waals surface area contributed by atoms with Crippen LogP contribution in [0.3, 0.4) is 0 Å². The minimum absolute atomic E-state index is 0.0117. The summed E-state index contributed by atoms with van der Waals surface area (Å²) < 4.78 is 12.8. The molecule has 0 bridgehead atoms. The van der Waals surface area contributed by atoms with Crippen LogP contribution < -0.4 is 0 Å². The van der Waals surface area contributed by atoms with Crippen molar-refractivity contribution in [3.8, 4) is 0 Å². The number of Topliss-reactive ketones (excluding diaryl/α,β-unsaturated/α-hetero) is 1. The molecule has 4 saturated carbocycles. The van der Waals surface area contributed by atoms with Crippen LogP contribution in [0.2, 0.25) is 5.02 Å². The highest BCUT2D eigenvalue weighted by Gasteiger charge is 2.74. The van der Waals surface area contributed by atoms with Gasteiger partial charge in [0.25, 0.3) is 0 Å². The second-order valence-corrected chi connectivity index (χ2v) is 20.8. The summed E-state index contributed by atoms with van der Waals surface area (Å²) in [5, 5.41) is 19.6. The molecular weight excluding hydrogens is 700 g/mol. The molecule has 5 aliphatic carbocycles. The normalized spacial score (nSPS) is 37.3. The van der Waals surface area contributed by atoms with Crippen molar-refractivity contribution in [1.29, 1.82) is 0 Å². The Morgan fingerprint density at radius 1 is 0.944 bits per heavy atom. The highest BCUT2D eigenvalue weighted by molar-refractivity contribution is 6.30. The Balaban J connectivity index is 1.21. The number of nitrogens with zero attached hydrogens (tertiary/aromatic N) is 2. The number of ether oxygens (including phenoxy) is 1. The van der Waals surface area contributed by atoms with Crippen molar-refractivity contribution in [1.82, 2.24) is 10.2 Å². The fraction of sp³-hybridized carbons (Fsp3) is 0.711. The van der Waals surface area contributed by atoms with Gasteiger partial charge in [0.15, 0.2) is 5.78 Å². The lowest BCUT2D eigenvalue weighted by Crippen LogP contribution is -2.68. The number of benzene rings is 1. The number of ketones is 1. The van der Waals surface area contributed by atoms with Gasteiger partial charge >= 0.3 is 11.9 Å². The van der Waals surface area contributed by atoms with Crippen molar-refractivity contribution >= 4 is 29.3 Å². The Morgan fingerprint density at radius 3 is 2.26 bits per heavy atom. The number of rotatable bonds is 8. The second kappa shape index (κ2) is 12.8. The predicted molar refractivity (Wildman–Crippen MR) is 208 cm³/mol. The molecule has 0 radical (unpaired) electrons. The number of allylic oxidation sites excluding steroid dienone is 2. The van der Waals surface area contributed by atoms with E-state index in [4.69, 9.17) is 25.9 Å². The predicted octanol–water partition coefficient (Wildman–Crippen LogP) is 10.3. The molecule has 8 atom stereocenters. The number of carboxylic acids is 1. The number of halogens is 1. The minimum atomic E-state index is -1.17. The van der Waals surface area contributed by atoms with Gasteiger partial charge in [-0.25, -0.2) is 0 Å². The largest absolute Gasteiger partial charge is 0.481 e. The highest BCUT2D eigenvalue weighted by atomic mass is 35.5. The molecule has 0 amide bonds. The first kappa shape index (κ1) is 39.2. The van der Waals surface area contributed by atoms with Crippen LogP contribution in [-0.2, 0) is 31.0 Å². The lowest BCUT2D eigenvalue weighted by Gasteiger charge is -2.74. The third-order valence-corrected chi connectivity index (χ3v) is 16.9. The molecule has 0 spiro atoms. The summed E-state index contributed by atoms with van der Waals surface area (Å²) in [5.41, 5.74) is 1.02. The highest BCUT2D eigenvalue weighted by Crippen LogP contribution is 2.80. The maximum Gasteiger partial charge on any atom is 0.309 e. The maximum absolute atomic E-state index is 14.3. The van der Waals surface area contributed by atoms with Crippen molar-refractivity contribution < 1.29 is 28.6 Å². The summed E-state index contributed by atoms with van der Waals surface area (Å²) in [7, 11) is 0. The molecule has 54 heavy (non-hydrogen) atoms. The SMILES string of the molecule is CC(C)C1=C2C3(C)CCC4[C@@]5(C)CC[C@H](OC(=O)CC(C)(C)C(=O)O)C(C)(C)C5CC[C@@]4(C)[C@]3(C)CC[C@@]2(c2nnc(Cc3ccc(Cl)cc3)o2)CC1=O. The number of carboxylic acid groups (broad SMARTS) is 1. The van der Waals surface area contributed by atoms with Crippen LogP contribution in [0.4, 0.5) is 0 Å². The first-order chi connectivity index (χ1) is 25.1. The van der Waals surface area contributed by atoms with E-state index in [0.29, 0.717) is 41.5 Å². The Morgan fingerprint density at radius 2 is 1.61 bits per heavy atom. The number of aromatic nitrogens is 2. The van der Waals surface area contributed by atoms with Gasteiger partial charge in [0.05, 0.1) is 23.7 Å². The summed E-state index contributed by atoms with van der Waals surface area (Å²) in [6.07, 6.45) is 8.18. The molecule has 1 aromatic carbocycles. The monoisotopic (exact) mass is 760 g/mol. The Hall–Kier alpha value is -3.00. The lowest BCUT2D eigenvalue weighted by atomic mass is 9.30. The molecule has 1 N–H and O–H groups in total. The van der Waals surface area contributed by atoms with Crippen LogP contribution in [0.25, 0.3) is 0 Å². The van der Waals surface area contributed by atoms with E-state index in [1.807, 2.05) is 24.3 Å². The average Bonchev–Trinajstić information content (AvgIpc) is 3.67. The van der Waals surface area contributed by atoms with Gasteiger partial charge in [0, 0.05) is 16.9 Å². The Bertz CT molecular complexity index is 1890. The molecule has 7 rings (SSSR count). The summed E-state index contributed by atoms with van der Waals surface area (Å²) in [6, 6.07) is 7.71. The van der Waals surface area contributed by atoms with Crippen LogP contribution >= 0.6 is 11.6 Å². The van der Waals surface area contributed by atoms with Crippen molar-refractivity contribution in [3.63, 3.8) is 0 Å². The second-order valence-electron chi connectivity index (χ2n) is 20.4. The van der Waals surface area contributed by atoms with Crippen molar-refractivity contribution in [2.24, 2.45) is 50.2 Å². The van der Waals surface area contributed by atoms with E-state index in [2.05, 4.69) is 60.5 Å². The van der Waals surface area contributed by atoms with Gasteiger partial charge in [-0.15, -0.1) is 10.2 Å². The van der Waals surface area contributed by atoms with Crippen LogP contribution in [0.15, 0.2) is 39.8 Å². The molecule has 4 fully saturated rings. The molecule has 1 heterocycles. The molecular formula is C45H61ClN2O6. The van der Waals surface area contributed by atoms with E-state index < -0.39 is 22.8 Å². The van der Waals surface area contributed by atoms with Gasteiger partial charge < -0.3 is 14.3 Å². The molecule has 1 aromatic heterocycles. The molecule has 0 saturated heterocycles. The lowest BCUT2D eigenvalue weighted by molar-refractivity contribution is -0.248. The first-order valence-corrected chi connectivity index (χ1v) is 20.7. The average molecular weight is 761 g/mol. The van der Waals surface area contributed by atoms with E-state index in [1.165, 1.54) is 5.57 Å². The number of hydrogen-bond donors (Lipinski definition) is 1. The van der Waals surface area contributed by atoms with Crippen LogP contribution in [0.5, 0.6) is 0 Å². The molecule has 294 valence electrons. The smallest absolute Gasteiger partial charge is 0.309 e. The molecule has 2 aromatic rings. The van der Waals surface area contributed by atoms with Crippen LogP contribution in [-0.4, -0.2) is 39.1 Å². The van der Waals surface area contributed by atoms with E-state index in [-0.39, 0.29) is 51.3 Å². The van der Waals surface area contributed by atoms with Crippen LogP contribution in [0.1, 0.15) is 151 Å². The zero-order valence-corrected chi connectivity index (χ0v) is 34.9. The van der Waals surface area contributed by atoms with Crippen LogP contribution in [0, 0.1) is 50.2 Å². The van der Waals surface area contributed by atoms with Gasteiger partial charge in [0.2, 0.25) is 11.8 Å². The topological polar surface area (TPSA) is 120 Å². The number of esters is 1. The minimum Gasteiger partial charge on any atom is -0.481 e. The number of hydrogen-bond acceptors (Lipinski definition) is 7. The summed E-state index contributed by atoms with van der Waals surface area (Å²) >= 11 is 6.15. The summed E-state index contributed by atoms with van der Waals surface area (Å²) in [5.74, 6) is 0.873. The van der Waals surface area contributed by atoms with Crippen molar-refractivity contribution in [2.45, 2.75) is 151 Å². The molecule has 3 unspecified atom stereocenters. The van der Waals surface area contributed by atoms with Gasteiger partial charge in [-0.2, -0.15) is 0 Å². The molecule has 8 nitrogen and oxygen atoms in total. The van der Waals surface area contributed by atoms with E-state index >= 15 is 0 Å². The number of carbonyl (C=O) groups is 3. The molecule has 0 aliphatic heterocycles. The van der Waals surface area contributed by atoms with E-state index in [9.17, 15) is 19.5 Å². The standard InChI is InChI=1S/C45H61ClN2O6/c1-26(2)35-29(49)24-45(37-48-47-33(54-37)23-27-11-13-28(46)14-12-27)22-21-44(10)42(8)19-15-30-40(5,6)32(53-34(50)25-39(3,4)38(51)52)17-18-41(30,7)31(42)16-20-43(44,9)36(35)45/h11-14,26,30-32H,15-25H2,1-10H3,(H,51,52)/t30?,31?,32-,41-,42+,43?,44-,45+/m0/s1. The third kappa shape index (κ3) is 5.52. The Labute approximate surface area is 326 Å². The van der Waals surface area contributed by atoms with Gasteiger partial charge in [-0.1, -0.05) is 79.1 Å². The van der Waals surface area contributed by atoms with Gasteiger partial charge in [-0.3, -0.25) is 14.4 Å². The maximum atomic E-state index is 14.3. The van der Waals surface area contributed by atoms with E-state index in [1.54, 1.807) is 13.8 Å². The third-order valence-electron chi connectivity index (χ3n) is 16.7. The van der Waals surface area contributed by atoms with Crippen molar-refractivity contribution in [3.05, 3.63) is 57.8 Å². The zero-order chi connectivity index (χ0) is 39.4. The summed E-state index contributed by atoms with van der Waals surface area (Å²) in [6.45, 7) is 22.2. The number of aliphatic carboxylic acids is 1. The Kier molecular flexibility index (Phi) is 9.27. The van der Waals surface area contributed by atoms with Crippen molar-refractivity contribution in [2.75, 3.05) is 0 Å². The fourth-order valence-electron chi connectivity index (χ4n) is 13.5. The van der Waals surface area contributed by atoms with Gasteiger partial charge in [-0.05, 0) is 133 Å². The fourth-order valence-corrected chi connectivity index (χ4v) is 13.7. The first-order valence-electron chi connectivity index (χ1n) is 20.3. The number of fused-ring (bicyclic) bond motifs is 7. The molecule has 5 aliphatic rings. The van der Waals surface area contributed by atoms with E-state index in [0.717, 1.165) is 62.5 Å². The van der Waals surface area contributed by atoms with Gasteiger partial charge in [0.1, 0.15) is 6.10 Å². The zero-order valence-electron chi connectivity index (χ0n) is 34.2. The molecule has 9 heteroatoms. The summed E-state index contributed by atoms with van der Waals surface area (Å²) in [4.78, 5) is 39.2. The quantitative estimate of drug-likeness (QED) is 0.264.